The summed E-state index contributed by atoms with van der Waals surface area (Å²) in [4.78, 5) is 13.6. The molecule has 0 saturated carbocycles. The van der Waals surface area contributed by atoms with Crippen molar-refractivity contribution in [3.63, 3.8) is 0 Å². The molecule has 1 fully saturated rings. The maximum Gasteiger partial charge on any atom is 0.232 e. The smallest absolute Gasteiger partial charge is 0.232 e. The minimum absolute atomic E-state index is 0.321. The second-order valence-corrected chi connectivity index (χ2v) is 4.72. The largest absolute Gasteiger partial charge is 0.342 e. The average Bonchev–Trinajstić information content (AvgIpc) is 2.30. The Morgan fingerprint density at radius 1 is 1.46 bits per heavy atom. The van der Waals surface area contributed by atoms with Gasteiger partial charge in [-0.25, -0.2) is 0 Å². The van der Waals surface area contributed by atoms with Crippen LogP contribution in [-0.2, 0) is 4.79 Å². The van der Waals surface area contributed by atoms with E-state index in [2.05, 4.69) is 6.92 Å². The predicted octanol–water partition coefficient (Wildman–Crippen LogP) is 2.00. The van der Waals surface area contributed by atoms with Gasteiger partial charge in [-0.2, -0.15) is 11.8 Å². The van der Waals surface area contributed by atoms with Crippen LogP contribution in [0.2, 0.25) is 0 Å². The maximum atomic E-state index is 11.6. The van der Waals surface area contributed by atoms with Crippen LogP contribution in [0.1, 0.15) is 26.2 Å². The number of thioether (sulfide) groups is 1. The van der Waals surface area contributed by atoms with Gasteiger partial charge in [-0.05, 0) is 31.4 Å². The van der Waals surface area contributed by atoms with Crippen molar-refractivity contribution in [2.45, 2.75) is 26.2 Å². The minimum Gasteiger partial charge on any atom is -0.342 e. The normalized spacial score (nSPS) is 24.2. The lowest BCUT2D eigenvalue weighted by Gasteiger charge is -2.19. The number of hydrogen-bond donors (Lipinski definition) is 0. The van der Waals surface area contributed by atoms with Crippen LogP contribution in [0.15, 0.2) is 0 Å². The zero-order chi connectivity index (χ0) is 9.68. The minimum atomic E-state index is 0.321. The van der Waals surface area contributed by atoms with Crippen molar-refractivity contribution in [2.24, 2.45) is 5.92 Å². The summed E-state index contributed by atoms with van der Waals surface area (Å²) in [5.74, 6) is 1.77. The highest BCUT2D eigenvalue weighted by atomic mass is 32.2. The molecule has 1 heterocycles. The molecule has 0 aromatic carbocycles. The number of rotatable bonds is 2. The fraction of sp³-hybridized carbons (Fsp3) is 0.900. The SMILES string of the molecule is CSCC(=O)N1CCCC(C)CC1. The molecule has 0 aromatic heterocycles. The summed E-state index contributed by atoms with van der Waals surface area (Å²) in [5, 5.41) is 0. The van der Waals surface area contributed by atoms with Gasteiger partial charge in [0.25, 0.3) is 0 Å². The van der Waals surface area contributed by atoms with Crippen molar-refractivity contribution in [3.05, 3.63) is 0 Å². The Balaban J connectivity index is 2.37. The van der Waals surface area contributed by atoms with Crippen LogP contribution in [0.4, 0.5) is 0 Å². The summed E-state index contributed by atoms with van der Waals surface area (Å²) >= 11 is 1.62. The van der Waals surface area contributed by atoms with Crippen LogP contribution in [0.5, 0.6) is 0 Å². The Bertz CT molecular complexity index is 172. The highest BCUT2D eigenvalue weighted by Gasteiger charge is 2.17. The molecule has 1 aliphatic rings. The Labute approximate surface area is 85.1 Å². The molecule has 1 aliphatic heterocycles. The van der Waals surface area contributed by atoms with Crippen molar-refractivity contribution in [3.8, 4) is 0 Å². The predicted molar refractivity (Wildman–Crippen MR) is 58.0 cm³/mol. The van der Waals surface area contributed by atoms with Gasteiger partial charge in [0.05, 0.1) is 5.75 Å². The van der Waals surface area contributed by atoms with Gasteiger partial charge in [-0.15, -0.1) is 0 Å². The first-order valence-corrected chi connectivity index (χ1v) is 6.40. The van der Waals surface area contributed by atoms with Crippen LogP contribution in [-0.4, -0.2) is 35.9 Å². The van der Waals surface area contributed by atoms with Gasteiger partial charge >= 0.3 is 0 Å². The van der Waals surface area contributed by atoms with Gasteiger partial charge in [0, 0.05) is 13.1 Å². The molecule has 1 atom stereocenters. The summed E-state index contributed by atoms with van der Waals surface area (Å²) in [5.41, 5.74) is 0. The van der Waals surface area contributed by atoms with E-state index in [1.807, 2.05) is 11.2 Å². The highest BCUT2D eigenvalue weighted by Crippen LogP contribution is 2.16. The van der Waals surface area contributed by atoms with Gasteiger partial charge in [-0.1, -0.05) is 6.92 Å². The number of hydrogen-bond acceptors (Lipinski definition) is 2. The average molecular weight is 201 g/mol. The third kappa shape index (κ3) is 3.59. The first-order valence-electron chi connectivity index (χ1n) is 5.00. The molecule has 1 saturated heterocycles. The van der Waals surface area contributed by atoms with Crippen LogP contribution >= 0.6 is 11.8 Å². The van der Waals surface area contributed by atoms with Crippen molar-refractivity contribution >= 4 is 17.7 Å². The molecular weight excluding hydrogens is 182 g/mol. The third-order valence-electron chi connectivity index (χ3n) is 2.64. The van der Waals surface area contributed by atoms with Crippen molar-refractivity contribution in [2.75, 3.05) is 25.1 Å². The second-order valence-electron chi connectivity index (χ2n) is 3.85. The summed E-state index contributed by atoms with van der Waals surface area (Å²) in [6.07, 6.45) is 5.63. The molecule has 0 spiro atoms. The van der Waals surface area contributed by atoms with Crippen LogP contribution in [0.3, 0.4) is 0 Å². The molecule has 0 bridgehead atoms. The Morgan fingerprint density at radius 3 is 2.92 bits per heavy atom. The van der Waals surface area contributed by atoms with Gasteiger partial charge in [0.2, 0.25) is 5.91 Å². The van der Waals surface area contributed by atoms with E-state index >= 15 is 0 Å². The molecule has 1 amide bonds. The molecule has 1 unspecified atom stereocenters. The van der Waals surface area contributed by atoms with Gasteiger partial charge in [0.1, 0.15) is 0 Å². The molecule has 1 rings (SSSR count). The molecule has 2 nitrogen and oxygen atoms in total. The van der Waals surface area contributed by atoms with E-state index in [0.29, 0.717) is 11.7 Å². The van der Waals surface area contributed by atoms with Crippen molar-refractivity contribution in [1.82, 2.24) is 4.90 Å². The molecule has 0 radical (unpaired) electrons. The van der Waals surface area contributed by atoms with E-state index in [1.54, 1.807) is 11.8 Å². The number of nitrogens with zero attached hydrogens (tertiary/aromatic N) is 1. The van der Waals surface area contributed by atoms with Crippen LogP contribution < -0.4 is 0 Å². The summed E-state index contributed by atoms with van der Waals surface area (Å²) in [7, 11) is 0. The Morgan fingerprint density at radius 2 is 2.23 bits per heavy atom. The quantitative estimate of drug-likeness (QED) is 0.681. The zero-order valence-electron chi connectivity index (χ0n) is 8.58. The lowest BCUT2D eigenvalue weighted by Crippen LogP contribution is -2.33. The molecule has 0 aliphatic carbocycles. The van der Waals surface area contributed by atoms with Crippen molar-refractivity contribution < 1.29 is 4.79 Å². The first-order chi connectivity index (χ1) is 6.24. The Kier molecular flexibility index (Phi) is 4.64. The van der Waals surface area contributed by atoms with Crippen molar-refractivity contribution in [1.29, 1.82) is 0 Å². The topological polar surface area (TPSA) is 20.3 Å². The summed E-state index contributed by atoms with van der Waals surface area (Å²) in [6.45, 7) is 4.23. The van der Waals surface area contributed by atoms with Gasteiger partial charge in [0.15, 0.2) is 0 Å². The zero-order valence-corrected chi connectivity index (χ0v) is 9.40. The molecule has 76 valence electrons. The first kappa shape index (κ1) is 10.9. The number of carbonyl (C=O) groups excluding carboxylic acids is 1. The summed E-state index contributed by atoms with van der Waals surface area (Å²) in [6, 6.07) is 0. The summed E-state index contributed by atoms with van der Waals surface area (Å²) < 4.78 is 0. The fourth-order valence-electron chi connectivity index (χ4n) is 1.73. The van der Waals surface area contributed by atoms with E-state index in [9.17, 15) is 4.79 Å². The molecular formula is C10H19NOS. The van der Waals surface area contributed by atoms with Crippen LogP contribution in [0, 0.1) is 5.92 Å². The van der Waals surface area contributed by atoms with E-state index in [0.717, 1.165) is 19.0 Å². The maximum absolute atomic E-state index is 11.6. The monoisotopic (exact) mass is 201 g/mol. The van der Waals surface area contributed by atoms with Gasteiger partial charge < -0.3 is 4.90 Å². The van der Waals surface area contributed by atoms with E-state index in [-0.39, 0.29) is 0 Å². The van der Waals surface area contributed by atoms with E-state index in [4.69, 9.17) is 0 Å². The molecule has 13 heavy (non-hydrogen) atoms. The van der Waals surface area contributed by atoms with E-state index < -0.39 is 0 Å². The van der Waals surface area contributed by atoms with Crippen LogP contribution in [0.25, 0.3) is 0 Å². The fourth-order valence-corrected chi connectivity index (χ4v) is 2.16. The Hall–Kier alpha value is -0.180. The molecule has 0 aromatic rings. The second kappa shape index (κ2) is 5.53. The number of amides is 1. The standard InChI is InChI=1S/C10H19NOS/c1-9-4-3-6-11(7-5-9)10(12)8-13-2/h9H,3-8H2,1-2H3. The molecule has 3 heteroatoms. The number of carbonyl (C=O) groups is 1. The lowest BCUT2D eigenvalue weighted by molar-refractivity contribution is -0.128. The van der Waals surface area contributed by atoms with E-state index in [1.165, 1.54) is 19.3 Å². The third-order valence-corrected chi connectivity index (χ3v) is 3.17. The lowest BCUT2D eigenvalue weighted by atomic mass is 10.0. The van der Waals surface area contributed by atoms with Gasteiger partial charge in [-0.3, -0.25) is 4.79 Å². The number of likely N-dealkylation sites (tertiary alicyclic amines) is 1. The molecule has 0 N–H and O–H groups in total. The highest BCUT2D eigenvalue weighted by molar-refractivity contribution is 7.99.